The van der Waals surface area contributed by atoms with Crippen LogP contribution in [0.25, 0.3) is 0 Å². The number of thioether (sulfide) groups is 1. The molecular formula is C18H19ClN2O2S. The van der Waals surface area contributed by atoms with Gasteiger partial charge in [0.1, 0.15) is 0 Å². The predicted octanol–water partition coefficient (Wildman–Crippen LogP) is 3.50. The van der Waals surface area contributed by atoms with E-state index < -0.39 is 0 Å². The second-order valence-electron chi connectivity index (χ2n) is 5.11. The van der Waals surface area contributed by atoms with Gasteiger partial charge in [-0.05, 0) is 42.0 Å². The highest BCUT2D eigenvalue weighted by molar-refractivity contribution is 7.99. The number of nitrogens with one attached hydrogen (secondary N) is 2. The minimum atomic E-state index is -0.121. The van der Waals surface area contributed by atoms with E-state index in [0.717, 1.165) is 10.5 Å². The fraction of sp³-hybridized carbons (Fsp3) is 0.222. The maximum atomic E-state index is 11.9. The number of carbonyl (C=O) groups is 2. The molecule has 6 heteroatoms. The summed E-state index contributed by atoms with van der Waals surface area (Å²) in [5.41, 5.74) is 1.56. The summed E-state index contributed by atoms with van der Waals surface area (Å²) < 4.78 is 0. The second-order valence-corrected chi connectivity index (χ2v) is 6.71. The van der Waals surface area contributed by atoms with E-state index in [1.807, 2.05) is 36.4 Å². The molecule has 0 aromatic heterocycles. The van der Waals surface area contributed by atoms with Gasteiger partial charge < -0.3 is 10.6 Å². The number of amides is 2. The van der Waals surface area contributed by atoms with Gasteiger partial charge in [0.25, 0.3) is 5.91 Å². The molecule has 0 aliphatic heterocycles. The first kappa shape index (κ1) is 18.4. The van der Waals surface area contributed by atoms with Crippen molar-refractivity contribution in [3.8, 4) is 0 Å². The third-order valence-electron chi connectivity index (χ3n) is 3.34. The minimum Gasteiger partial charge on any atom is -0.355 e. The molecule has 24 heavy (non-hydrogen) atoms. The molecule has 4 nitrogen and oxygen atoms in total. The molecule has 0 unspecified atom stereocenters. The Kier molecular flexibility index (Phi) is 7.15. The van der Waals surface area contributed by atoms with Crippen LogP contribution in [0.3, 0.4) is 0 Å². The van der Waals surface area contributed by atoms with Gasteiger partial charge in [-0.2, -0.15) is 0 Å². The minimum absolute atomic E-state index is 0.00633. The molecule has 2 aromatic rings. The maximum Gasteiger partial charge on any atom is 0.251 e. The van der Waals surface area contributed by atoms with E-state index in [9.17, 15) is 9.59 Å². The van der Waals surface area contributed by atoms with E-state index in [4.69, 9.17) is 11.6 Å². The van der Waals surface area contributed by atoms with Gasteiger partial charge in [-0.25, -0.2) is 0 Å². The molecule has 0 saturated carbocycles. The van der Waals surface area contributed by atoms with Crippen molar-refractivity contribution in [2.24, 2.45) is 0 Å². The molecule has 0 bridgehead atoms. The first-order chi connectivity index (χ1) is 11.6. The highest BCUT2D eigenvalue weighted by Gasteiger charge is 2.05. The molecule has 0 aliphatic rings. The van der Waals surface area contributed by atoms with Crippen LogP contribution in [-0.4, -0.2) is 24.6 Å². The quantitative estimate of drug-likeness (QED) is 0.741. The van der Waals surface area contributed by atoms with Crippen molar-refractivity contribution >= 4 is 35.2 Å². The van der Waals surface area contributed by atoms with Gasteiger partial charge in [-0.3, -0.25) is 9.59 Å². The van der Waals surface area contributed by atoms with Crippen LogP contribution in [0.2, 0.25) is 5.02 Å². The zero-order valence-electron chi connectivity index (χ0n) is 13.3. The van der Waals surface area contributed by atoms with E-state index in [0.29, 0.717) is 29.3 Å². The van der Waals surface area contributed by atoms with Gasteiger partial charge in [-0.15, -0.1) is 11.8 Å². The predicted molar refractivity (Wildman–Crippen MR) is 98.5 cm³/mol. The summed E-state index contributed by atoms with van der Waals surface area (Å²) in [7, 11) is 1.60. The summed E-state index contributed by atoms with van der Waals surface area (Å²) in [6.07, 6.45) is 0.448. The number of halogens is 1. The molecular weight excluding hydrogens is 344 g/mol. The standard InChI is InChI=1S/C18H19ClN2O2S/c1-20-18(23)14-4-2-13(3-5-14)12-21-17(22)10-11-24-16-8-6-15(19)7-9-16/h2-9H,10-12H2,1H3,(H,20,23)(H,21,22). The summed E-state index contributed by atoms with van der Waals surface area (Å²) in [5.74, 6) is 0.597. The summed E-state index contributed by atoms with van der Waals surface area (Å²) in [6, 6.07) is 14.7. The van der Waals surface area contributed by atoms with Crippen LogP contribution in [-0.2, 0) is 11.3 Å². The molecule has 2 rings (SSSR count). The SMILES string of the molecule is CNC(=O)c1ccc(CNC(=O)CCSc2ccc(Cl)cc2)cc1. The lowest BCUT2D eigenvalue weighted by atomic mass is 10.1. The maximum absolute atomic E-state index is 11.9. The van der Waals surface area contributed by atoms with Gasteiger partial charge in [-0.1, -0.05) is 23.7 Å². The summed E-state index contributed by atoms with van der Waals surface area (Å²) in [6.45, 7) is 0.457. The van der Waals surface area contributed by atoms with Crippen molar-refractivity contribution in [1.29, 1.82) is 0 Å². The number of carbonyl (C=O) groups excluding carboxylic acids is 2. The Morgan fingerprint density at radius 3 is 2.33 bits per heavy atom. The Morgan fingerprint density at radius 1 is 1.04 bits per heavy atom. The average Bonchev–Trinajstić information content (AvgIpc) is 2.61. The molecule has 0 fully saturated rings. The number of benzene rings is 2. The van der Waals surface area contributed by atoms with E-state index >= 15 is 0 Å². The van der Waals surface area contributed by atoms with Crippen molar-refractivity contribution < 1.29 is 9.59 Å². The monoisotopic (exact) mass is 362 g/mol. The highest BCUT2D eigenvalue weighted by Crippen LogP contribution is 2.20. The molecule has 2 N–H and O–H groups in total. The van der Waals surface area contributed by atoms with Crippen molar-refractivity contribution in [3.63, 3.8) is 0 Å². The molecule has 0 heterocycles. The van der Waals surface area contributed by atoms with Gasteiger partial charge in [0, 0.05) is 41.2 Å². The average molecular weight is 363 g/mol. The Hall–Kier alpha value is -1.98. The Bertz CT molecular complexity index is 687. The van der Waals surface area contributed by atoms with Gasteiger partial charge >= 0.3 is 0 Å². The zero-order valence-corrected chi connectivity index (χ0v) is 14.9. The normalized spacial score (nSPS) is 10.2. The lowest BCUT2D eigenvalue weighted by molar-refractivity contribution is -0.120. The van der Waals surface area contributed by atoms with Crippen molar-refractivity contribution in [2.75, 3.05) is 12.8 Å². The third kappa shape index (κ3) is 5.91. The molecule has 0 aliphatic carbocycles. The second kappa shape index (κ2) is 9.35. The molecule has 0 saturated heterocycles. The Balaban J connectivity index is 1.71. The fourth-order valence-corrected chi connectivity index (χ4v) is 2.98. The van der Waals surface area contributed by atoms with Crippen molar-refractivity contribution in [3.05, 3.63) is 64.7 Å². The number of hydrogen-bond acceptors (Lipinski definition) is 3. The lowest BCUT2D eigenvalue weighted by Gasteiger charge is -2.06. The van der Waals surface area contributed by atoms with Gasteiger partial charge in [0.15, 0.2) is 0 Å². The van der Waals surface area contributed by atoms with Crippen LogP contribution in [0.15, 0.2) is 53.4 Å². The van der Waals surface area contributed by atoms with Crippen LogP contribution in [0.1, 0.15) is 22.3 Å². The van der Waals surface area contributed by atoms with Crippen LogP contribution in [0.5, 0.6) is 0 Å². The van der Waals surface area contributed by atoms with Crippen LogP contribution >= 0.6 is 23.4 Å². The molecule has 2 amide bonds. The van der Waals surface area contributed by atoms with Crippen LogP contribution in [0.4, 0.5) is 0 Å². The lowest BCUT2D eigenvalue weighted by Crippen LogP contribution is -2.23. The Morgan fingerprint density at radius 2 is 1.71 bits per heavy atom. The summed E-state index contributed by atoms with van der Waals surface area (Å²) in [5, 5.41) is 6.16. The highest BCUT2D eigenvalue weighted by atomic mass is 35.5. The van der Waals surface area contributed by atoms with E-state index in [2.05, 4.69) is 10.6 Å². The smallest absolute Gasteiger partial charge is 0.251 e. The Labute approximate surface area is 151 Å². The van der Waals surface area contributed by atoms with Crippen LogP contribution < -0.4 is 10.6 Å². The number of hydrogen-bond donors (Lipinski definition) is 2. The zero-order chi connectivity index (χ0) is 17.4. The van der Waals surface area contributed by atoms with E-state index in [-0.39, 0.29) is 11.8 Å². The first-order valence-corrected chi connectivity index (χ1v) is 8.91. The third-order valence-corrected chi connectivity index (χ3v) is 4.61. The molecule has 126 valence electrons. The molecule has 0 atom stereocenters. The van der Waals surface area contributed by atoms with Gasteiger partial charge in [0.05, 0.1) is 0 Å². The van der Waals surface area contributed by atoms with Crippen molar-refractivity contribution in [2.45, 2.75) is 17.9 Å². The topological polar surface area (TPSA) is 58.2 Å². The van der Waals surface area contributed by atoms with E-state index in [1.165, 1.54) is 0 Å². The summed E-state index contributed by atoms with van der Waals surface area (Å²) >= 11 is 7.46. The van der Waals surface area contributed by atoms with Gasteiger partial charge in [0.2, 0.25) is 5.91 Å². The summed E-state index contributed by atoms with van der Waals surface area (Å²) in [4.78, 5) is 24.4. The van der Waals surface area contributed by atoms with E-state index in [1.54, 1.807) is 30.9 Å². The van der Waals surface area contributed by atoms with Crippen LogP contribution in [0, 0.1) is 0 Å². The van der Waals surface area contributed by atoms with Crippen molar-refractivity contribution in [1.82, 2.24) is 10.6 Å². The largest absolute Gasteiger partial charge is 0.355 e. The molecule has 0 spiro atoms. The number of rotatable bonds is 7. The molecule has 0 radical (unpaired) electrons. The molecule has 2 aromatic carbocycles. The first-order valence-electron chi connectivity index (χ1n) is 7.54. The fourth-order valence-electron chi connectivity index (χ4n) is 2.00.